The Bertz CT molecular complexity index is 393. The van der Waals surface area contributed by atoms with Gasteiger partial charge >= 0.3 is 0 Å². The minimum Gasteiger partial charge on any atom is -0.376 e. The van der Waals surface area contributed by atoms with Crippen LogP contribution in [0.5, 0.6) is 0 Å². The van der Waals surface area contributed by atoms with Crippen molar-refractivity contribution in [1.82, 2.24) is 15.1 Å². The molecule has 2 atom stereocenters. The Morgan fingerprint density at radius 2 is 2.53 bits per heavy atom. The monoisotopic (exact) mass is 349 g/mol. The highest BCUT2D eigenvalue weighted by atomic mass is 127. The lowest BCUT2D eigenvalue weighted by molar-refractivity contribution is 0.0706. The van der Waals surface area contributed by atoms with Gasteiger partial charge in [-0.05, 0) is 42.4 Å². The number of nitrogens with zero attached hydrogens (tertiary/aromatic N) is 2. The van der Waals surface area contributed by atoms with Crippen LogP contribution in [0, 0.1) is 3.57 Å². The summed E-state index contributed by atoms with van der Waals surface area (Å²) in [5.41, 5.74) is 0.607. The van der Waals surface area contributed by atoms with E-state index in [-0.39, 0.29) is 18.1 Å². The van der Waals surface area contributed by atoms with Crippen molar-refractivity contribution < 1.29 is 9.53 Å². The molecule has 0 unspecified atom stereocenters. The first-order valence-corrected chi connectivity index (χ1v) is 6.77. The number of amides is 1. The Kier molecular flexibility index (Phi) is 4.03. The first-order valence-electron chi connectivity index (χ1n) is 5.69. The molecule has 1 N–H and O–H groups in total. The summed E-state index contributed by atoms with van der Waals surface area (Å²) in [7, 11) is 1.77. The van der Waals surface area contributed by atoms with E-state index in [0.717, 1.165) is 23.0 Å². The number of hydrogen-bond donors (Lipinski definition) is 1. The van der Waals surface area contributed by atoms with Crippen LogP contribution in [0.15, 0.2) is 6.20 Å². The zero-order valence-electron chi connectivity index (χ0n) is 9.94. The molecular weight excluding hydrogens is 333 g/mol. The predicted octanol–water partition coefficient (Wildman–Crippen LogP) is 1.32. The lowest BCUT2D eigenvalue weighted by Crippen LogP contribution is -2.41. The molecule has 0 radical (unpaired) electrons. The number of halogens is 1. The molecule has 2 heterocycles. The summed E-state index contributed by atoms with van der Waals surface area (Å²) in [5.74, 6) is -0.0857. The molecule has 1 aromatic rings. The van der Waals surface area contributed by atoms with E-state index in [1.54, 1.807) is 17.9 Å². The standard InChI is InChI=1S/C11H16IN3O2/c1-7(9-4-3-5-17-9)14-11(16)10-8(12)6-13-15(10)2/h6-7,9H,3-5H2,1-2H3,(H,14,16)/t7-,9+/m0/s1. The predicted molar refractivity (Wildman–Crippen MR) is 71.8 cm³/mol. The molecule has 1 aromatic heterocycles. The first kappa shape index (κ1) is 12.8. The number of carbonyl (C=O) groups excluding carboxylic acids is 1. The Morgan fingerprint density at radius 3 is 3.06 bits per heavy atom. The van der Waals surface area contributed by atoms with Gasteiger partial charge in [0.05, 0.1) is 21.9 Å². The van der Waals surface area contributed by atoms with E-state index in [1.807, 2.05) is 6.92 Å². The molecule has 2 rings (SSSR count). The van der Waals surface area contributed by atoms with Crippen LogP contribution >= 0.6 is 22.6 Å². The first-order chi connectivity index (χ1) is 8.09. The second-order valence-corrected chi connectivity index (χ2v) is 5.44. The second kappa shape index (κ2) is 5.34. The normalized spacial score (nSPS) is 21.5. The molecule has 1 aliphatic rings. The molecular formula is C11H16IN3O2. The van der Waals surface area contributed by atoms with Crippen molar-refractivity contribution in [3.63, 3.8) is 0 Å². The molecule has 1 aliphatic heterocycles. The average molecular weight is 349 g/mol. The van der Waals surface area contributed by atoms with Gasteiger partial charge in [-0.2, -0.15) is 5.10 Å². The molecule has 5 nitrogen and oxygen atoms in total. The Hall–Kier alpha value is -0.630. The fraction of sp³-hybridized carbons (Fsp3) is 0.636. The van der Waals surface area contributed by atoms with Crippen LogP contribution in [0.2, 0.25) is 0 Å². The van der Waals surface area contributed by atoms with Gasteiger partial charge in [0.1, 0.15) is 5.69 Å². The maximum Gasteiger partial charge on any atom is 0.270 e. The Morgan fingerprint density at radius 1 is 1.76 bits per heavy atom. The molecule has 0 aliphatic carbocycles. The van der Waals surface area contributed by atoms with Gasteiger partial charge in [0.15, 0.2) is 0 Å². The van der Waals surface area contributed by atoms with Gasteiger partial charge in [-0.1, -0.05) is 0 Å². The van der Waals surface area contributed by atoms with Gasteiger partial charge in [0.2, 0.25) is 0 Å². The molecule has 6 heteroatoms. The molecule has 0 bridgehead atoms. The van der Waals surface area contributed by atoms with Crippen molar-refractivity contribution in [2.45, 2.75) is 31.9 Å². The largest absolute Gasteiger partial charge is 0.376 e. The van der Waals surface area contributed by atoms with E-state index < -0.39 is 0 Å². The van der Waals surface area contributed by atoms with E-state index in [9.17, 15) is 4.79 Å². The Labute approximate surface area is 114 Å². The van der Waals surface area contributed by atoms with Gasteiger partial charge in [-0.3, -0.25) is 9.48 Å². The minimum atomic E-state index is -0.0857. The number of ether oxygens (including phenoxy) is 1. The van der Waals surface area contributed by atoms with Crippen molar-refractivity contribution >= 4 is 28.5 Å². The smallest absolute Gasteiger partial charge is 0.270 e. The maximum absolute atomic E-state index is 12.1. The summed E-state index contributed by atoms with van der Waals surface area (Å²) in [4.78, 5) is 12.1. The highest BCUT2D eigenvalue weighted by molar-refractivity contribution is 14.1. The number of nitrogens with one attached hydrogen (secondary N) is 1. The SMILES string of the molecule is C[C@H](NC(=O)c1c(I)cnn1C)[C@H]1CCCO1. The number of aryl methyl sites for hydroxylation is 1. The van der Waals surface area contributed by atoms with Crippen LogP contribution in [0.25, 0.3) is 0 Å². The summed E-state index contributed by atoms with van der Waals surface area (Å²) >= 11 is 2.12. The number of rotatable bonds is 3. The van der Waals surface area contributed by atoms with Crippen molar-refractivity contribution in [1.29, 1.82) is 0 Å². The van der Waals surface area contributed by atoms with Gasteiger partial charge in [0, 0.05) is 13.7 Å². The van der Waals surface area contributed by atoms with E-state index in [0.29, 0.717) is 5.69 Å². The highest BCUT2D eigenvalue weighted by Gasteiger charge is 2.25. The van der Waals surface area contributed by atoms with E-state index in [4.69, 9.17) is 4.74 Å². The molecule has 1 fully saturated rings. The molecule has 0 saturated carbocycles. The lowest BCUT2D eigenvalue weighted by Gasteiger charge is -2.20. The number of hydrogen-bond acceptors (Lipinski definition) is 3. The lowest BCUT2D eigenvalue weighted by atomic mass is 10.1. The van der Waals surface area contributed by atoms with Gasteiger partial charge in [-0.25, -0.2) is 0 Å². The van der Waals surface area contributed by atoms with Crippen LogP contribution in [0.1, 0.15) is 30.3 Å². The molecule has 0 aromatic carbocycles. The summed E-state index contributed by atoms with van der Waals surface area (Å²) in [6, 6.07) is 0.0377. The van der Waals surface area contributed by atoms with Crippen LogP contribution in [-0.2, 0) is 11.8 Å². The molecule has 94 valence electrons. The third-order valence-corrected chi connectivity index (χ3v) is 3.78. The van der Waals surface area contributed by atoms with Crippen LogP contribution < -0.4 is 5.32 Å². The summed E-state index contributed by atoms with van der Waals surface area (Å²) < 4.78 is 8.01. The van der Waals surface area contributed by atoms with Gasteiger partial charge in [0.25, 0.3) is 5.91 Å². The van der Waals surface area contributed by atoms with Crippen molar-refractivity contribution in [2.75, 3.05) is 6.61 Å². The van der Waals surface area contributed by atoms with Gasteiger partial charge < -0.3 is 10.1 Å². The van der Waals surface area contributed by atoms with E-state index in [2.05, 4.69) is 33.0 Å². The molecule has 17 heavy (non-hydrogen) atoms. The summed E-state index contributed by atoms with van der Waals surface area (Å²) in [6.07, 6.45) is 3.93. The van der Waals surface area contributed by atoms with E-state index in [1.165, 1.54) is 0 Å². The number of carbonyl (C=O) groups is 1. The van der Waals surface area contributed by atoms with Gasteiger partial charge in [-0.15, -0.1) is 0 Å². The molecule has 0 spiro atoms. The Balaban J connectivity index is 2.01. The van der Waals surface area contributed by atoms with Crippen LogP contribution in [0.3, 0.4) is 0 Å². The average Bonchev–Trinajstić information content (AvgIpc) is 2.88. The zero-order valence-corrected chi connectivity index (χ0v) is 12.1. The fourth-order valence-corrected chi connectivity index (χ4v) is 2.75. The zero-order chi connectivity index (χ0) is 12.4. The van der Waals surface area contributed by atoms with E-state index >= 15 is 0 Å². The van der Waals surface area contributed by atoms with Crippen LogP contribution in [-0.4, -0.2) is 34.4 Å². The third kappa shape index (κ3) is 2.79. The number of aromatic nitrogens is 2. The highest BCUT2D eigenvalue weighted by Crippen LogP contribution is 2.16. The van der Waals surface area contributed by atoms with Crippen molar-refractivity contribution in [2.24, 2.45) is 7.05 Å². The summed E-state index contributed by atoms with van der Waals surface area (Å²) in [5, 5.41) is 7.04. The quantitative estimate of drug-likeness (QED) is 0.838. The summed E-state index contributed by atoms with van der Waals surface area (Å²) in [6.45, 7) is 2.78. The van der Waals surface area contributed by atoms with Crippen molar-refractivity contribution in [3.05, 3.63) is 15.5 Å². The fourth-order valence-electron chi connectivity index (χ4n) is 2.03. The van der Waals surface area contributed by atoms with Crippen molar-refractivity contribution in [3.8, 4) is 0 Å². The maximum atomic E-state index is 12.1. The molecule has 1 saturated heterocycles. The topological polar surface area (TPSA) is 56.2 Å². The third-order valence-electron chi connectivity index (χ3n) is 2.99. The minimum absolute atomic E-state index is 0.0377. The van der Waals surface area contributed by atoms with Crippen LogP contribution in [0.4, 0.5) is 0 Å². The molecule has 1 amide bonds. The second-order valence-electron chi connectivity index (χ2n) is 4.28.